The zero-order valence-corrected chi connectivity index (χ0v) is 10.1. The summed E-state index contributed by atoms with van der Waals surface area (Å²) in [4.78, 5) is 15.6. The normalized spacial score (nSPS) is 10.7. The van der Waals surface area contributed by atoms with E-state index >= 15 is 0 Å². The van der Waals surface area contributed by atoms with Crippen LogP contribution in [0.15, 0.2) is 59.5 Å². The van der Waals surface area contributed by atoms with Crippen molar-refractivity contribution in [3.8, 4) is 11.1 Å². The van der Waals surface area contributed by atoms with Gasteiger partial charge in [0.2, 0.25) is 0 Å². The Bertz CT molecular complexity index is 757. The molecule has 0 saturated carbocycles. The highest BCUT2D eigenvalue weighted by Crippen LogP contribution is 2.17. The van der Waals surface area contributed by atoms with Crippen LogP contribution in [0.3, 0.4) is 0 Å². The predicted molar refractivity (Wildman–Crippen MR) is 74.7 cm³/mol. The van der Waals surface area contributed by atoms with Gasteiger partial charge in [-0.2, -0.15) is 0 Å². The van der Waals surface area contributed by atoms with Gasteiger partial charge in [-0.05, 0) is 24.6 Å². The van der Waals surface area contributed by atoms with E-state index in [9.17, 15) is 4.79 Å². The lowest BCUT2D eigenvalue weighted by atomic mass is 10.0. The molecule has 0 amide bonds. The Morgan fingerprint density at radius 3 is 2.56 bits per heavy atom. The minimum Gasteiger partial charge on any atom is -0.360 e. The summed E-state index contributed by atoms with van der Waals surface area (Å²) in [7, 11) is 0. The van der Waals surface area contributed by atoms with Crippen LogP contribution in [-0.4, -0.2) is 4.98 Å². The van der Waals surface area contributed by atoms with Crippen molar-refractivity contribution in [3.05, 3.63) is 70.5 Å². The highest BCUT2D eigenvalue weighted by atomic mass is 16.1. The molecule has 0 aliphatic rings. The molecule has 2 nitrogen and oxygen atoms in total. The summed E-state index contributed by atoms with van der Waals surface area (Å²) in [6.07, 6.45) is 1.79. The Kier molecular flexibility index (Phi) is 2.49. The highest BCUT2D eigenvalue weighted by Gasteiger charge is 2.06. The van der Waals surface area contributed by atoms with Crippen LogP contribution in [0.4, 0.5) is 0 Å². The summed E-state index contributed by atoms with van der Waals surface area (Å²) in [6.45, 7) is 1.99. The zero-order chi connectivity index (χ0) is 12.5. The summed E-state index contributed by atoms with van der Waals surface area (Å²) in [5.74, 6) is 0. The third-order valence-corrected chi connectivity index (χ3v) is 3.12. The summed E-state index contributed by atoms with van der Waals surface area (Å²) in [5.41, 5.74) is 3.72. The van der Waals surface area contributed by atoms with E-state index in [1.165, 1.54) is 0 Å². The van der Waals surface area contributed by atoms with Crippen LogP contribution >= 0.6 is 0 Å². The van der Waals surface area contributed by atoms with Crippen molar-refractivity contribution in [1.82, 2.24) is 4.98 Å². The van der Waals surface area contributed by atoms with Crippen molar-refractivity contribution in [2.24, 2.45) is 0 Å². The Morgan fingerprint density at radius 1 is 1.00 bits per heavy atom. The molecule has 0 aliphatic carbocycles. The predicted octanol–water partition coefficient (Wildman–Crippen LogP) is 3.50. The smallest absolute Gasteiger partial charge is 0.197 e. The van der Waals surface area contributed by atoms with Crippen LogP contribution < -0.4 is 5.43 Å². The third kappa shape index (κ3) is 1.72. The van der Waals surface area contributed by atoms with Gasteiger partial charge in [-0.1, -0.05) is 42.0 Å². The maximum absolute atomic E-state index is 12.5. The SMILES string of the molecule is Cc1ccc2[nH]cc(-c3ccccc3)c(=O)c2c1. The first-order chi connectivity index (χ1) is 8.75. The number of fused-ring (bicyclic) bond motifs is 1. The Balaban J connectivity index is 2.33. The lowest BCUT2D eigenvalue weighted by Crippen LogP contribution is -2.06. The zero-order valence-electron chi connectivity index (χ0n) is 10.1. The first kappa shape index (κ1) is 10.8. The number of hydrogen-bond donors (Lipinski definition) is 1. The molecule has 0 bridgehead atoms. The van der Waals surface area contributed by atoms with Crippen molar-refractivity contribution in [1.29, 1.82) is 0 Å². The van der Waals surface area contributed by atoms with Gasteiger partial charge in [-0.15, -0.1) is 0 Å². The number of hydrogen-bond acceptors (Lipinski definition) is 1. The maximum atomic E-state index is 12.5. The minimum absolute atomic E-state index is 0.0821. The first-order valence-corrected chi connectivity index (χ1v) is 5.93. The van der Waals surface area contributed by atoms with Gasteiger partial charge in [0.05, 0.1) is 0 Å². The average molecular weight is 235 g/mol. The molecule has 2 aromatic carbocycles. The standard InChI is InChI=1S/C16H13NO/c1-11-7-8-15-13(9-11)16(18)14(10-17-15)12-5-3-2-4-6-12/h2-10H,1H3,(H,17,18). The molecule has 88 valence electrons. The van der Waals surface area contributed by atoms with Crippen molar-refractivity contribution < 1.29 is 0 Å². The molecule has 1 aromatic heterocycles. The van der Waals surface area contributed by atoms with Crippen molar-refractivity contribution >= 4 is 10.9 Å². The van der Waals surface area contributed by atoms with Gasteiger partial charge in [0, 0.05) is 22.7 Å². The first-order valence-electron chi connectivity index (χ1n) is 5.93. The average Bonchev–Trinajstić information content (AvgIpc) is 2.41. The molecule has 0 spiro atoms. The van der Waals surface area contributed by atoms with Gasteiger partial charge in [0.25, 0.3) is 0 Å². The van der Waals surface area contributed by atoms with E-state index in [4.69, 9.17) is 0 Å². The van der Waals surface area contributed by atoms with E-state index in [-0.39, 0.29) is 5.43 Å². The van der Waals surface area contributed by atoms with Crippen LogP contribution in [0.1, 0.15) is 5.56 Å². The van der Waals surface area contributed by atoms with Crippen LogP contribution in [0.2, 0.25) is 0 Å². The maximum Gasteiger partial charge on any atom is 0.197 e. The lowest BCUT2D eigenvalue weighted by Gasteiger charge is -2.04. The molecule has 0 aliphatic heterocycles. The van der Waals surface area contributed by atoms with Crippen LogP contribution in [0.5, 0.6) is 0 Å². The van der Waals surface area contributed by atoms with Crippen molar-refractivity contribution in [3.63, 3.8) is 0 Å². The number of aromatic amines is 1. The second kappa shape index (κ2) is 4.15. The number of rotatable bonds is 1. The quantitative estimate of drug-likeness (QED) is 0.688. The number of H-pyrrole nitrogens is 1. The van der Waals surface area contributed by atoms with E-state index in [1.807, 2.05) is 55.5 Å². The van der Waals surface area contributed by atoms with E-state index in [0.717, 1.165) is 22.0 Å². The fraction of sp³-hybridized carbons (Fsp3) is 0.0625. The number of aromatic nitrogens is 1. The topological polar surface area (TPSA) is 32.9 Å². The molecule has 0 atom stereocenters. The van der Waals surface area contributed by atoms with Crippen LogP contribution in [0.25, 0.3) is 22.0 Å². The number of aryl methyl sites for hydroxylation is 1. The number of benzene rings is 2. The van der Waals surface area contributed by atoms with Gasteiger partial charge in [-0.3, -0.25) is 4.79 Å². The van der Waals surface area contributed by atoms with Gasteiger partial charge in [0.1, 0.15) is 0 Å². The second-order valence-corrected chi connectivity index (χ2v) is 4.45. The second-order valence-electron chi connectivity index (χ2n) is 4.45. The van der Waals surface area contributed by atoms with Gasteiger partial charge in [-0.25, -0.2) is 0 Å². The monoisotopic (exact) mass is 235 g/mol. The summed E-state index contributed by atoms with van der Waals surface area (Å²) < 4.78 is 0. The van der Waals surface area contributed by atoms with E-state index in [0.29, 0.717) is 5.56 Å². The van der Waals surface area contributed by atoms with Gasteiger partial charge < -0.3 is 4.98 Å². The summed E-state index contributed by atoms with van der Waals surface area (Å²) >= 11 is 0. The van der Waals surface area contributed by atoms with Crippen molar-refractivity contribution in [2.75, 3.05) is 0 Å². The lowest BCUT2D eigenvalue weighted by molar-refractivity contribution is 1.37. The molecule has 1 N–H and O–H groups in total. The Labute approximate surface area is 105 Å². The Hall–Kier alpha value is -2.35. The fourth-order valence-corrected chi connectivity index (χ4v) is 2.16. The molecular weight excluding hydrogens is 222 g/mol. The molecule has 3 aromatic rings. The molecule has 0 fully saturated rings. The molecule has 0 saturated heterocycles. The highest BCUT2D eigenvalue weighted by molar-refractivity contribution is 5.83. The van der Waals surface area contributed by atoms with Crippen molar-refractivity contribution in [2.45, 2.75) is 6.92 Å². The molecule has 18 heavy (non-hydrogen) atoms. The van der Waals surface area contributed by atoms with Gasteiger partial charge >= 0.3 is 0 Å². The molecular formula is C16H13NO. The summed E-state index contributed by atoms with van der Waals surface area (Å²) in [5, 5.41) is 0.747. The van der Waals surface area contributed by atoms with E-state index < -0.39 is 0 Å². The Morgan fingerprint density at radius 2 is 1.78 bits per heavy atom. The third-order valence-electron chi connectivity index (χ3n) is 3.12. The van der Waals surface area contributed by atoms with Crippen LogP contribution in [0, 0.1) is 6.92 Å². The molecule has 0 radical (unpaired) electrons. The summed E-state index contributed by atoms with van der Waals surface area (Å²) in [6, 6.07) is 15.6. The fourth-order valence-electron chi connectivity index (χ4n) is 2.16. The van der Waals surface area contributed by atoms with E-state index in [2.05, 4.69) is 4.98 Å². The molecule has 3 rings (SSSR count). The molecule has 2 heteroatoms. The number of pyridine rings is 1. The number of nitrogens with one attached hydrogen (secondary N) is 1. The van der Waals surface area contributed by atoms with Gasteiger partial charge in [0.15, 0.2) is 5.43 Å². The largest absolute Gasteiger partial charge is 0.360 e. The molecule has 0 unspecified atom stereocenters. The van der Waals surface area contributed by atoms with Crippen LogP contribution in [-0.2, 0) is 0 Å². The molecule has 1 heterocycles. The van der Waals surface area contributed by atoms with E-state index in [1.54, 1.807) is 6.20 Å². The minimum atomic E-state index is 0.0821.